The van der Waals surface area contributed by atoms with Crippen LogP contribution in [-0.4, -0.2) is 11.5 Å². The van der Waals surface area contributed by atoms with Crippen LogP contribution >= 0.6 is 11.3 Å². The number of nitrogens with zero attached hydrogens (tertiary/aromatic N) is 1. The molecule has 0 aliphatic heterocycles. The molecule has 1 atom stereocenters. The highest BCUT2D eigenvalue weighted by atomic mass is 32.1. The second-order valence-electron chi connectivity index (χ2n) is 5.51. The molecule has 0 fully saturated rings. The molecular formula is C17H24N2S. The van der Waals surface area contributed by atoms with E-state index in [1.54, 1.807) is 11.3 Å². The number of aromatic nitrogens is 1. The average molecular weight is 288 g/mol. The minimum atomic E-state index is 0.360. The number of rotatable bonds is 6. The Labute approximate surface area is 126 Å². The first-order chi connectivity index (χ1) is 9.58. The van der Waals surface area contributed by atoms with Crippen molar-refractivity contribution in [3.05, 3.63) is 51.0 Å². The van der Waals surface area contributed by atoms with E-state index in [1.165, 1.54) is 21.7 Å². The molecular weight excluding hydrogens is 264 g/mol. The third-order valence-corrected chi connectivity index (χ3v) is 4.32. The van der Waals surface area contributed by atoms with Crippen molar-refractivity contribution in [2.24, 2.45) is 0 Å². The summed E-state index contributed by atoms with van der Waals surface area (Å²) in [7, 11) is 0. The van der Waals surface area contributed by atoms with Crippen LogP contribution in [0.25, 0.3) is 0 Å². The van der Waals surface area contributed by atoms with Crippen LogP contribution in [0.1, 0.15) is 46.8 Å². The predicted octanol–water partition coefficient (Wildman–Crippen LogP) is 4.35. The van der Waals surface area contributed by atoms with Crippen molar-refractivity contribution < 1.29 is 0 Å². The van der Waals surface area contributed by atoms with Crippen molar-refractivity contribution in [3.63, 3.8) is 0 Å². The fourth-order valence-corrected chi connectivity index (χ4v) is 3.33. The maximum atomic E-state index is 4.61. The lowest BCUT2D eigenvalue weighted by atomic mass is 9.99. The largest absolute Gasteiger partial charge is 0.310 e. The summed E-state index contributed by atoms with van der Waals surface area (Å²) in [5.74, 6) is 0. The smallest absolute Gasteiger partial charge is 0.0947 e. The summed E-state index contributed by atoms with van der Waals surface area (Å²) in [5, 5.41) is 7.02. The molecule has 1 aromatic heterocycles. The Balaban J connectivity index is 2.21. The monoisotopic (exact) mass is 288 g/mol. The summed E-state index contributed by atoms with van der Waals surface area (Å²) >= 11 is 1.76. The van der Waals surface area contributed by atoms with Crippen LogP contribution in [-0.2, 0) is 6.42 Å². The molecule has 2 nitrogen and oxygen atoms in total. The second-order valence-corrected chi connectivity index (χ2v) is 6.46. The van der Waals surface area contributed by atoms with Crippen LogP contribution in [0.3, 0.4) is 0 Å². The quantitative estimate of drug-likeness (QED) is 0.854. The molecule has 0 aliphatic rings. The molecule has 1 heterocycles. The maximum absolute atomic E-state index is 4.61. The van der Waals surface area contributed by atoms with Gasteiger partial charge in [-0.3, -0.25) is 0 Å². The molecule has 108 valence electrons. The molecule has 2 aromatic rings. The van der Waals surface area contributed by atoms with Gasteiger partial charge in [0.1, 0.15) is 0 Å². The van der Waals surface area contributed by atoms with Gasteiger partial charge in [0.25, 0.3) is 0 Å². The number of hydrogen-bond donors (Lipinski definition) is 1. The highest BCUT2D eigenvalue weighted by Gasteiger charge is 2.14. The van der Waals surface area contributed by atoms with Crippen molar-refractivity contribution in [2.45, 2.75) is 46.6 Å². The van der Waals surface area contributed by atoms with E-state index in [-0.39, 0.29) is 0 Å². The van der Waals surface area contributed by atoms with E-state index in [0.29, 0.717) is 6.04 Å². The van der Waals surface area contributed by atoms with Crippen LogP contribution in [0.2, 0.25) is 0 Å². The van der Waals surface area contributed by atoms with Crippen LogP contribution < -0.4 is 5.32 Å². The first kappa shape index (κ1) is 15.2. The minimum Gasteiger partial charge on any atom is -0.310 e. The molecule has 20 heavy (non-hydrogen) atoms. The molecule has 1 unspecified atom stereocenters. The van der Waals surface area contributed by atoms with Crippen molar-refractivity contribution in [1.82, 2.24) is 10.3 Å². The van der Waals surface area contributed by atoms with Crippen LogP contribution in [0.4, 0.5) is 0 Å². The highest BCUT2D eigenvalue weighted by molar-refractivity contribution is 7.09. The molecule has 1 aromatic carbocycles. The standard InChI is InChI=1S/C17H24N2S/c1-5-6-18-16(10-17-19-14(4)11-20-17)15-8-12(2)7-13(3)9-15/h7-9,11,16,18H,5-6,10H2,1-4H3. The predicted molar refractivity (Wildman–Crippen MR) is 87.5 cm³/mol. The molecule has 0 saturated carbocycles. The molecule has 3 heteroatoms. The number of hydrogen-bond acceptors (Lipinski definition) is 3. The Morgan fingerprint density at radius 1 is 1.15 bits per heavy atom. The van der Waals surface area contributed by atoms with Gasteiger partial charge in [0.05, 0.1) is 5.01 Å². The summed E-state index contributed by atoms with van der Waals surface area (Å²) in [6, 6.07) is 7.18. The lowest BCUT2D eigenvalue weighted by Gasteiger charge is -2.19. The Morgan fingerprint density at radius 3 is 2.40 bits per heavy atom. The first-order valence-corrected chi connectivity index (χ1v) is 8.19. The van der Waals surface area contributed by atoms with Gasteiger partial charge in [0, 0.05) is 23.5 Å². The lowest BCUT2D eigenvalue weighted by Crippen LogP contribution is -2.24. The summed E-state index contributed by atoms with van der Waals surface area (Å²) in [6.45, 7) is 9.65. The van der Waals surface area contributed by atoms with E-state index in [1.807, 2.05) is 0 Å². The molecule has 1 N–H and O–H groups in total. The maximum Gasteiger partial charge on any atom is 0.0947 e. The number of aryl methyl sites for hydroxylation is 3. The summed E-state index contributed by atoms with van der Waals surface area (Å²) in [5.41, 5.74) is 5.17. The summed E-state index contributed by atoms with van der Waals surface area (Å²) < 4.78 is 0. The SMILES string of the molecule is CCCNC(Cc1nc(C)cs1)c1cc(C)cc(C)c1. The Hall–Kier alpha value is -1.19. The molecule has 0 saturated heterocycles. The highest BCUT2D eigenvalue weighted by Crippen LogP contribution is 2.23. The Bertz CT molecular complexity index is 540. The van der Waals surface area contributed by atoms with Crippen molar-refractivity contribution in [1.29, 1.82) is 0 Å². The molecule has 0 aliphatic carbocycles. The van der Waals surface area contributed by atoms with Gasteiger partial charge >= 0.3 is 0 Å². The molecule has 0 spiro atoms. The van der Waals surface area contributed by atoms with Gasteiger partial charge in [0.2, 0.25) is 0 Å². The van der Waals surface area contributed by atoms with Crippen molar-refractivity contribution >= 4 is 11.3 Å². The van der Waals surface area contributed by atoms with Gasteiger partial charge in [-0.1, -0.05) is 36.2 Å². The first-order valence-electron chi connectivity index (χ1n) is 7.31. The zero-order valence-electron chi connectivity index (χ0n) is 12.9. The van der Waals surface area contributed by atoms with E-state index >= 15 is 0 Å². The number of nitrogens with one attached hydrogen (secondary N) is 1. The van der Waals surface area contributed by atoms with Gasteiger partial charge in [0.15, 0.2) is 0 Å². The zero-order valence-corrected chi connectivity index (χ0v) is 13.7. The zero-order chi connectivity index (χ0) is 14.5. The number of thiazole rings is 1. The second kappa shape index (κ2) is 7.00. The van der Waals surface area contributed by atoms with Crippen molar-refractivity contribution in [2.75, 3.05) is 6.54 Å². The van der Waals surface area contributed by atoms with E-state index in [0.717, 1.165) is 25.1 Å². The van der Waals surface area contributed by atoms with E-state index in [9.17, 15) is 0 Å². The number of benzene rings is 1. The molecule has 0 radical (unpaired) electrons. The molecule has 2 rings (SSSR count). The van der Waals surface area contributed by atoms with Gasteiger partial charge in [-0.2, -0.15) is 0 Å². The van der Waals surface area contributed by atoms with Crippen molar-refractivity contribution in [3.8, 4) is 0 Å². The third kappa shape index (κ3) is 4.15. The summed E-state index contributed by atoms with van der Waals surface area (Å²) in [4.78, 5) is 4.61. The lowest BCUT2D eigenvalue weighted by molar-refractivity contribution is 0.527. The van der Waals surface area contributed by atoms with Gasteiger partial charge < -0.3 is 5.32 Å². The van der Waals surface area contributed by atoms with E-state index < -0.39 is 0 Å². The van der Waals surface area contributed by atoms with Crippen LogP contribution in [0, 0.1) is 20.8 Å². The van der Waals surface area contributed by atoms with Gasteiger partial charge in [-0.05, 0) is 39.3 Å². The third-order valence-electron chi connectivity index (χ3n) is 3.33. The minimum absolute atomic E-state index is 0.360. The molecule has 0 bridgehead atoms. The summed E-state index contributed by atoms with van der Waals surface area (Å²) in [6.07, 6.45) is 2.12. The topological polar surface area (TPSA) is 24.9 Å². The molecule has 0 amide bonds. The fourth-order valence-electron chi connectivity index (χ4n) is 2.51. The average Bonchev–Trinajstić information content (AvgIpc) is 2.79. The Kier molecular flexibility index (Phi) is 5.32. The fraction of sp³-hybridized carbons (Fsp3) is 0.471. The van der Waals surface area contributed by atoms with E-state index in [2.05, 4.69) is 61.6 Å². The van der Waals surface area contributed by atoms with E-state index in [4.69, 9.17) is 0 Å². The Morgan fingerprint density at radius 2 is 1.85 bits per heavy atom. The van der Waals surface area contributed by atoms with Crippen LogP contribution in [0.5, 0.6) is 0 Å². The normalized spacial score (nSPS) is 12.6. The van der Waals surface area contributed by atoms with Gasteiger partial charge in [-0.15, -0.1) is 11.3 Å². The van der Waals surface area contributed by atoms with Crippen LogP contribution in [0.15, 0.2) is 23.6 Å². The van der Waals surface area contributed by atoms with Gasteiger partial charge in [-0.25, -0.2) is 4.98 Å².